The number of rotatable bonds is 8. The highest BCUT2D eigenvalue weighted by molar-refractivity contribution is 5.83. The fourth-order valence-corrected chi connectivity index (χ4v) is 3.00. The van der Waals surface area contributed by atoms with E-state index in [0.717, 1.165) is 11.1 Å². The van der Waals surface area contributed by atoms with Gasteiger partial charge in [0.05, 0.1) is 6.54 Å². The molecule has 0 aliphatic heterocycles. The maximum atomic E-state index is 12.2. The highest BCUT2D eigenvalue weighted by Gasteiger charge is 2.08. The number of halogens is 2. The zero-order chi connectivity index (χ0) is 19.9. The SMILES string of the molecule is CN(CC(=O)NCc1ccc(OC(F)F)cc1)Cc1ccc2ccccc2c1. The number of amides is 1. The molecular weight excluding hydrogens is 362 g/mol. The van der Waals surface area contributed by atoms with Crippen LogP contribution < -0.4 is 10.1 Å². The predicted octanol–water partition coefficient (Wildman–Crippen LogP) is 4.19. The van der Waals surface area contributed by atoms with E-state index in [1.54, 1.807) is 12.1 Å². The molecule has 1 amide bonds. The van der Waals surface area contributed by atoms with Crippen molar-refractivity contribution in [2.24, 2.45) is 0 Å². The minimum absolute atomic E-state index is 0.0974. The first-order valence-electron chi connectivity index (χ1n) is 8.96. The zero-order valence-electron chi connectivity index (χ0n) is 15.6. The molecule has 0 aromatic heterocycles. The van der Waals surface area contributed by atoms with Crippen LogP contribution in [0.15, 0.2) is 66.7 Å². The van der Waals surface area contributed by atoms with E-state index in [-0.39, 0.29) is 18.2 Å². The van der Waals surface area contributed by atoms with Crippen LogP contribution in [0.1, 0.15) is 11.1 Å². The number of nitrogens with zero attached hydrogens (tertiary/aromatic N) is 1. The number of hydrogen-bond donors (Lipinski definition) is 1. The van der Waals surface area contributed by atoms with E-state index in [9.17, 15) is 13.6 Å². The quantitative estimate of drug-likeness (QED) is 0.633. The number of ether oxygens (including phenoxy) is 1. The second kappa shape index (κ2) is 9.28. The van der Waals surface area contributed by atoms with E-state index in [4.69, 9.17) is 0 Å². The highest BCUT2D eigenvalue weighted by Crippen LogP contribution is 2.17. The van der Waals surface area contributed by atoms with Gasteiger partial charge in [-0.3, -0.25) is 9.69 Å². The van der Waals surface area contributed by atoms with Crippen molar-refractivity contribution in [2.75, 3.05) is 13.6 Å². The first kappa shape index (κ1) is 19.8. The largest absolute Gasteiger partial charge is 0.435 e. The third-order valence-electron chi connectivity index (χ3n) is 4.32. The Morgan fingerprint density at radius 2 is 1.68 bits per heavy atom. The van der Waals surface area contributed by atoms with Gasteiger partial charge < -0.3 is 10.1 Å². The molecule has 3 aromatic rings. The van der Waals surface area contributed by atoms with Crippen molar-refractivity contribution >= 4 is 16.7 Å². The average Bonchev–Trinajstić information content (AvgIpc) is 2.67. The molecule has 0 aliphatic carbocycles. The van der Waals surface area contributed by atoms with Crippen LogP contribution in [0.4, 0.5) is 8.78 Å². The molecule has 28 heavy (non-hydrogen) atoms. The van der Waals surface area contributed by atoms with E-state index in [0.29, 0.717) is 13.1 Å². The summed E-state index contributed by atoms with van der Waals surface area (Å²) in [5.74, 6) is -0.00334. The van der Waals surface area contributed by atoms with Crippen LogP contribution in [0.5, 0.6) is 5.75 Å². The van der Waals surface area contributed by atoms with Gasteiger partial charge in [-0.25, -0.2) is 0 Å². The number of carbonyl (C=O) groups excluding carboxylic acids is 1. The van der Waals surface area contributed by atoms with Crippen LogP contribution in [-0.4, -0.2) is 31.0 Å². The van der Waals surface area contributed by atoms with Crippen LogP contribution >= 0.6 is 0 Å². The van der Waals surface area contributed by atoms with Crippen LogP contribution in [0.2, 0.25) is 0 Å². The van der Waals surface area contributed by atoms with Crippen molar-refractivity contribution < 1.29 is 18.3 Å². The highest BCUT2D eigenvalue weighted by atomic mass is 19.3. The number of alkyl halides is 2. The summed E-state index contributed by atoms with van der Waals surface area (Å²) in [6, 6.07) is 20.7. The summed E-state index contributed by atoms with van der Waals surface area (Å²) in [6.45, 7) is -1.58. The van der Waals surface area contributed by atoms with Crippen LogP contribution in [0.25, 0.3) is 10.8 Å². The molecule has 0 saturated heterocycles. The number of fused-ring (bicyclic) bond motifs is 1. The monoisotopic (exact) mass is 384 g/mol. The molecule has 0 spiro atoms. The van der Waals surface area contributed by atoms with Gasteiger partial charge in [0.15, 0.2) is 0 Å². The topological polar surface area (TPSA) is 41.6 Å². The second-order valence-corrected chi connectivity index (χ2v) is 6.65. The minimum atomic E-state index is -2.84. The molecule has 0 bridgehead atoms. The molecular formula is C22H22F2N2O2. The average molecular weight is 384 g/mol. The molecule has 0 fully saturated rings. The van der Waals surface area contributed by atoms with E-state index < -0.39 is 6.61 Å². The van der Waals surface area contributed by atoms with E-state index in [1.165, 1.54) is 22.9 Å². The molecule has 4 nitrogen and oxygen atoms in total. The molecule has 0 heterocycles. The first-order chi connectivity index (χ1) is 13.5. The summed E-state index contributed by atoms with van der Waals surface area (Å²) < 4.78 is 28.6. The third kappa shape index (κ3) is 5.76. The smallest absolute Gasteiger partial charge is 0.387 e. The Morgan fingerprint density at radius 1 is 1.00 bits per heavy atom. The Morgan fingerprint density at radius 3 is 2.39 bits per heavy atom. The third-order valence-corrected chi connectivity index (χ3v) is 4.32. The Balaban J connectivity index is 1.47. The van der Waals surface area contributed by atoms with E-state index in [1.807, 2.05) is 24.1 Å². The maximum Gasteiger partial charge on any atom is 0.387 e. The summed E-state index contributed by atoms with van der Waals surface area (Å²) in [5, 5.41) is 5.21. The fraction of sp³-hybridized carbons (Fsp3) is 0.227. The Labute approximate surface area is 162 Å². The number of likely N-dealkylation sites (N-methyl/N-ethyl adjacent to an activating group) is 1. The Bertz CT molecular complexity index is 929. The molecule has 0 atom stereocenters. The number of carbonyl (C=O) groups is 1. The summed E-state index contributed by atoms with van der Waals surface area (Å²) in [4.78, 5) is 14.1. The summed E-state index contributed by atoms with van der Waals surface area (Å²) in [7, 11) is 1.89. The molecule has 3 rings (SSSR count). The van der Waals surface area contributed by atoms with E-state index >= 15 is 0 Å². The van der Waals surface area contributed by atoms with Gasteiger partial charge in [-0.2, -0.15) is 8.78 Å². The summed E-state index contributed by atoms with van der Waals surface area (Å²) in [6.07, 6.45) is 0. The number of benzene rings is 3. The molecule has 0 saturated carbocycles. The Kier molecular flexibility index (Phi) is 6.55. The van der Waals surface area contributed by atoms with Crippen LogP contribution in [0, 0.1) is 0 Å². The molecule has 0 aliphatic rings. The normalized spacial score (nSPS) is 11.2. The minimum Gasteiger partial charge on any atom is -0.435 e. The van der Waals surface area contributed by atoms with Gasteiger partial charge >= 0.3 is 6.61 Å². The van der Waals surface area contributed by atoms with Gasteiger partial charge in [-0.15, -0.1) is 0 Å². The molecule has 6 heteroatoms. The second-order valence-electron chi connectivity index (χ2n) is 6.65. The lowest BCUT2D eigenvalue weighted by molar-refractivity contribution is -0.122. The van der Waals surface area contributed by atoms with Crippen molar-refractivity contribution in [3.63, 3.8) is 0 Å². The van der Waals surface area contributed by atoms with Crippen molar-refractivity contribution in [2.45, 2.75) is 19.7 Å². The van der Waals surface area contributed by atoms with E-state index in [2.05, 4.69) is 40.4 Å². The van der Waals surface area contributed by atoms with Crippen molar-refractivity contribution in [3.05, 3.63) is 77.9 Å². The van der Waals surface area contributed by atoms with Crippen molar-refractivity contribution in [3.8, 4) is 5.75 Å². The first-order valence-corrected chi connectivity index (χ1v) is 8.96. The van der Waals surface area contributed by atoms with Gasteiger partial charge in [0, 0.05) is 13.1 Å². The lowest BCUT2D eigenvalue weighted by atomic mass is 10.1. The van der Waals surface area contributed by atoms with Gasteiger partial charge in [0.2, 0.25) is 5.91 Å². The van der Waals surface area contributed by atoms with Crippen molar-refractivity contribution in [1.82, 2.24) is 10.2 Å². The molecule has 3 aromatic carbocycles. The molecule has 1 N–H and O–H groups in total. The van der Waals surface area contributed by atoms with Gasteiger partial charge in [0.1, 0.15) is 5.75 Å². The van der Waals surface area contributed by atoms with Crippen LogP contribution in [0.3, 0.4) is 0 Å². The van der Waals surface area contributed by atoms with Gasteiger partial charge in [0.25, 0.3) is 0 Å². The fourth-order valence-electron chi connectivity index (χ4n) is 3.00. The standard InChI is InChI=1S/C22H22F2N2O2/c1-26(14-17-6-9-18-4-2-3-5-19(18)12-17)15-21(27)25-13-16-7-10-20(11-8-16)28-22(23)24/h2-12,22H,13-15H2,1H3,(H,25,27). The molecule has 146 valence electrons. The van der Waals surface area contributed by atoms with Crippen LogP contribution in [-0.2, 0) is 17.9 Å². The lowest BCUT2D eigenvalue weighted by Gasteiger charge is -2.17. The van der Waals surface area contributed by atoms with Gasteiger partial charge in [-0.05, 0) is 47.1 Å². The summed E-state index contributed by atoms with van der Waals surface area (Å²) >= 11 is 0. The number of nitrogens with one attached hydrogen (secondary N) is 1. The molecule has 0 radical (unpaired) electrons. The predicted molar refractivity (Wildman–Crippen MR) is 105 cm³/mol. The number of hydrogen-bond acceptors (Lipinski definition) is 3. The lowest BCUT2D eigenvalue weighted by Crippen LogP contribution is -2.34. The Hall–Kier alpha value is -2.99. The van der Waals surface area contributed by atoms with Gasteiger partial charge in [-0.1, -0.05) is 48.5 Å². The van der Waals surface area contributed by atoms with Crippen molar-refractivity contribution in [1.29, 1.82) is 0 Å². The molecule has 0 unspecified atom stereocenters. The maximum absolute atomic E-state index is 12.2. The zero-order valence-corrected chi connectivity index (χ0v) is 15.6. The summed E-state index contributed by atoms with van der Waals surface area (Å²) in [5.41, 5.74) is 1.95.